The predicted octanol–water partition coefficient (Wildman–Crippen LogP) is 6.05. The Labute approximate surface area is 328 Å². The van der Waals surface area contributed by atoms with Gasteiger partial charge >= 0.3 is 0 Å². The largest absolute Gasteiger partial charge is 0.386 e. The second-order valence-electron chi connectivity index (χ2n) is 16.4. The van der Waals surface area contributed by atoms with Crippen LogP contribution in [0.25, 0.3) is 21.8 Å². The zero-order chi connectivity index (χ0) is 40.2. The zero-order valence-corrected chi connectivity index (χ0v) is 32.1. The average molecular weight is 778 g/mol. The summed E-state index contributed by atoms with van der Waals surface area (Å²) in [6.45, 7) is 4.08. The SMILES string of the molecule is Cn1nc(C2CCC(=O)NC2=O)c2cccc([C@@H]3CCN(CC4CCC(n5cc6cc(NC(=O)c7cncc(C#N)c7)c(C(C)(C)O)cc6n5)CC4)CC3(F)F)c21. The van der Waals surface area contributed by atoms with E-state index in [-0.39, 0.29) is 42.0 Å². The summed E-state index contributed by atoms with van der Waals surface area (Å²) >= 11 is 0. The number of anilines is 1. The van der Waals surface area contributed by atoms with E-state index in [1.807, 2.05) is 27.9 Å². The molecule has 0 bridgehead atoms. The van der Waals surface area contributed by atoms with Crippen molar-refractivity contribution >= 4 is 45.2 Å². The second kappa shape index (κ2) is 14.7. The normalized spacial score (nSPS) is 23.0. The molecule has 8 rings (SSSR count). The van der Waals surface area contributed by atoms with Crippen LogP contribution in [0.4, 0.5) is 14.5 Å². The number of aryl methyl sites for hydroxylation is 1. The molecule has 3 aliphatic rings. The molecule has 5 aromatic rings. The Kier molecular flexibility index (Phi) is 9.89. The summed E-state index contributed by atoms with van der Waals surface area (Å²) in [6.07, 6.45) is 8.97. The maximum Gasteiger partial charge on any atom is 0.267 e. The van der Waals surface area contributed by atoms with Gasteiger partial charge in [0, 0.05) is 60.6 Å². The number of carbonyl (C=O) groups excluding carboxylic acids is 3. The fourth-order valence-corrected chi connectivity index (χ4v) is 9.10. The van der Waals surface area contributed by atoms with Gasteiger partial charge in [-0.15, -0.1) is 0 Å². The Bertz CT molecular complexity index is 2440. The van der Waals surface area contributed by atoms with Crippen molar-refractivity contribution in [2.45, 2.75) is 88.2 Å². The number of piperidine rings is 2. The van der Waals surface area contributed by atoms with Crippen LogP contribution in [0.5, 0.6) is 0 Å². The van der Waals surface area contributed by atoms with Gasteiger partial charge in [0.2, 0.25) is 11.8 Å². The van der Waals surface area contributed by atoms with Crippen molar-refractivity contribution in [3.05, 3.63) is 82.9 Å². The van der Waals surface area contributed by atoms with E-state index in [2.05, 4.69) is 20.7 Å². The molecule has 3 fully saturated rings. The van der Waals surface area contributed by atoms with E-state index in [1.165, 1.54) is 18.5 Å². The first-order valence-electron chi connectivity index (χ1n) is 19.5. The van der Waals surface area contributed by atoms with Crippen molar-refractivity contribution in [2.24, 2.45) is 13.0 Å². The van der Waals surface area contributed by atoms with Crippen molar-refractivity contribution in [1.82, 2.24) is 34.8 Å². The number of amides is 3. The molecule has 2 saturated heterocycles. The average Bonchev–Trinajstić information content (AvgIpc) is 3.74. The highest BCUT2D eigenvalue weighted by atomic mass is 19.3. The number of hydrogen-bond acceptors (Lipinski definition) is 9. The minimum atomic E-state index is -2.98. The van der Waals surface area contributed by atoms with Gasteiger partial charge in [-0.25, -0.2) is 8.78 Å². The lowest BCUT2D eigenvalue weighted by molar-refractivity contribution is -0.134. The minimum Gasteiger partial charge on any atom is -0.386 e. The van der Waals surface area contributed by atoms with E-state index in [9.17, 15) is 24.8 Å². The topological polar surface area (TPSA) is 171 Å². The Morgan fingerprint density at radius 1 is 1.09 bits per heavy atom. The quantitative estimate of drug-likeness (QED) is 0.159. The molecule has 0 radical (unpaired) electrons. The highest BCUT2D eigenvalue weighted by molar-refractivity contribution is 6.06. The number of carbonyl (C=O) groups is 3. The Morgan fingerprint density at radius 3 is 2.60 bits per heavy atom. The van der Waals surface area contributed by atoms with E-state index < -0.39 is 35.2 Å². The molecular weight excluding hydrogens is 733 g/mol. The van der Waals surface area contributed by atoms with Gasteiger partial charge < -0.3 is 10.4 Å². The van der Waals surface area contributed by atoms with Crippen LogP contribution in [0.15, 0.2) is 55.0 Å². The molecule has 13 nitrogen and oxygen atoms in total. The van der Waals surface area contributed by atoms with Gasteiger partial charge in [-0.05, 0) is 88.6 Å². The van der Waals surface area contributed by atoms with Crippen LogP contribution in [-0.2, 0) is 22.2 Å². The van der Waals surface area contributed by atoms with Crippen LogP contribution in [-0.4, -0.2) is 77.8 Å². The monoisotopic (exact) mass is 777 g/mol. The number of para-hydroxylation sites is 1. The summed E-state index contributed by atoms with van der Waals surface area (Å²) < 4.78 is 35.9. The van der Waals surface area contributed by atoms with Crippen molar-refractivity contribution in [3.63, 3.8) is 0 Å². The summed E-state index contributed by atoms with van der Waals surface area (Å²) in [7, 11) is 1.72. The molecule has 2 atom stereocenters. The molecule has 2 aromatic carbocycles. The number of likely N-dealkylation sites (tertiary alicyclic amines) is 1. The number of nitrogens with one attached hydrogen (secondary N) is 2. The van der Waals surface area contributed by atoms with E-state index in [0.29, 0.717) is 64.9 Å². The van der Waals surface area contributed by atoms with Gasteiger partial charge in [0.25, 0.3) is 11.8 Å². The van der Waals surface area contributed by atoms with Crippen LogP contribution in [0, 0.1) is 17.2 Å². The van der Waals surface area contributed by atoms with Crippen molar-refractivity contribution in [3.8, 4) is 6.07 Å². The van der Waals surface area contributed by atoms with E-state index in [1.54, 1.807) is 49.8 Å². The lowest BCUT2D eigenvalue weighted by atomic mass is 9.82. The van der Waals surface area contributed by atoms with E-state index in [4.69, 9.17) is 5.10 Å². The van der Waals surface area contributed by atoms with Gasteiger partial charge in [0.1, 0.15) is 6.07 Å². The highest BCUT2D eigenvalue weighted by Crippen LogP contribution is 2.45. The number of rotatable bonds is 8. The number of benzene rings is 2. The number of hydrogen-bond donors (Lipinski definition) is 3. The molecule has 1 unspecified atom stereocenters. The number of fused-ring (bicyclic) bond motifs is 2. The molecule has 296 valence electrons. The third kappa shape index (κ3) is 7.51. The number of imide groups is 1. The zero-order valence-electron chi connectivity index (χ0n) is 32.1. The fourth-order valence-electron chi connectivity index (χ4n) is 9.10. The molecule has 3 N–H and O–H groups in total. The first kappa shape index (κ1) is 38.3. The standard InChI is InChI=1S/C42H45F2N9O4/c1-41(2,57)33-17-34-27(16-35(33)47-39(55)26-15-25(18-45)19-46-20-26)22-53(49-34)28-9-7-24(8-10-28)21-52-14-13-32(42(43,44)23-52)29-5-4-6-30-37(50-51(3)38(29)30)31-11-12-36(54)48-40(31)56/h4-6,15-17,19-20,22,24,28,31-32,57H,7-14,21,23H2,1-3H3,(H,47,55)(H,48,54,56)/t24?,28?,31?,32-/m0/s1. The van der Waals surface area contributed by atoms with E-state index >= 15 is 8.78 Å². The molecule has 1 saturated carbocycles. The Morgan fingerprint density at radius 2 is 1.88 bits per heavy atom. The summed E-state index contributed by atoms with van der Waals surface area (Å²) in [6, 6.07) is 12.5. The summed E-state index contributed by atoms with van der Waals surface area (Å²) in [5.41, 5.74) is 2.46. The number of halogens is 2. The van der Waals surface area contributed by atoms with Gasteiger partial charge in [-0.1, -0.05) is 18.2 Å². The number of pyridine rings is 1. The van der Waals surface area contributed by atoms with Crippen LogP contribution in [0.1, 0.15) is 109 Å². The fraction of sp³-hybridized carbons (Fsp3) is 0.452. The van der Waals surface area contributed by atoms with E-state index in [0.717, 1.165) is 31.1 Å². The molecule has 57 heavy (non-hydrogen) atoms. The van der Waals surface area contributed by atoms with Gasteiger partial charge in [-0.2, -0.15) is 15.5 Å². The molecule has 1 aliphatic carbocycles. The predicted molar refractivity (Wildman–Crippen MR) is 207 cm³/mol. The van der Waals surface area contributed by atoms with Crippen LogP contribution in [0.2, 0.25) is 0 Å². The molecule has 15 heteroatoms. The smallest absolute Gasteiger partial charge is 0.267 e. The van der Waals surface area contributed by atoms with Crippen molar-refractivity contribution in [2.75, 3.05) is 25.0 Å². The maximum atomic E-state index is 16.1. The first-order valence-corrected chi connectivity index (χ1v) is 19.5. The highest BCUT2D eigenvalue weighted by Gasteiger charge is 2.47. The third-order valence-corrected chi connectivity index (χ3v) is 12.0. The van der Waals surface area contributed by atoms with Gasteiger partial charge in [-0.3, -0.25) is 38.9 Å². The summed E-state index contributed by atoms with van der Waals surface area (Å²) in [5.74, 6) is -5.48. The maximum absolute atomic E-state index is 16.1. The summed E-state index contributed by atoms with van der Waals surface area (Å²) in [4.78, 5) is 43.4. The van der Waals surface area contributed by atoms with Crippen molar-refractivity contribution in [1.29, 1.82) is 5.26 Å². The number of aliphatic hydroxyl groups is 1. The Hall–Kier alpha value is -5.59. The number of alkyl halides is 2. The number of nitrogens with zero attached hydrogens (tertiary/aromatic N) is 7. The van der Waals surface area contributed by atoms with Gasteiger partial charge in [0.05, 0.1) is 57.9 Å². The first-order chi connectivity index (χ1) is 27.2. The minimum absolute atomic E-state index is 0.119. The van der Waals surface area contributed by atoms with Crippen LogP contribution < -0.4 is 10.6 Å². The lowest BCUT2D eigenvalue weighted by Crippen LogP contribution is -2.49. The lowest BCUT2D eigenvalue weighted by Gasteiger charge is -2.41. The molecule has 3 aromatic heterocycles. The third-order valence-electron chi connectivity index (χ3n) is 12.0. The van der Waals surface area contributed by atoms with Gasteiger partial charge in [0.15, 0.2) is 0 Å². The van der Waals surface area contributed by atoms with Crippen LogP contribution in [0.3, 0.4) is 0 Å². The summed E-state index contributed by atoms with van der Waals surface area (Å²) in [5, 5.41) is 36.5. The molecule has 5 heterocycles. The molecule has 3 amide bonds. The second-order valence-corrected chi connectivity index (χ2v) is 16.4. The molecule has 2 aliphatic heterocycles. The van der Waals surface area contributed by atoms with Crippen LogP contribution >= 0.6 is 0 Å². The molecule has 0 spiro atoms. The van der Waals surface area contributed by atoms with Crippen molar-refractivity contribution < 1.29 is 28.3 Å². The number of nitriles is 1. The Balaban J connectivity index is 0.918. The molecular formula is C42H45F2N9O4. The number of aromatic nitrogens is 5.